The number of hydrogen-bond acceptors (Lipinski definition) is 7. The van der Waals surface area contributed by atoms with E-state index in [-0.39, 0.29) is 35.0 Å². The Morgan fingerprint density at radius 3 is 2.43 bits per heavy atom. The van der Waals surface area contributed by atoms with Gasteiger partial charge in [0.2, 0.25) is 5.95 Å². The van der Waals surface area contributed by atoms with E-state index < -0.39 is 23.1 Å². The molecule has 0 atom stereocenters. The van der Waals surface area contributed by atoms with E-state index in [0.29, 0.717) is 62.1 Å². The van der Waals surface area contributed by atoms with Gasteiger partial charge in [0, 0.05) is 30.4 Å². The van der Waals surface area contributed by atoms with Crippen molar-refractivity contribution in [3.05, 3.63) is 59.5 Å². The molecule has 0 bridgehead atoms. The Hall–Kier alpha value is -4.02. The third-order valence-corrected chi connectivity index (χ3v) is 8.54. The molecule has 1 aromatic heterocycles. The molecule has 11 heteroatoms. The molecule has 2 aromatic carbocycles. The highest BCUT2D eigenvalue weighted by Crippen LogP contribution is 2.42. The van der Waals surface area contributed by atoms with E-state index in [1.54, 1.807) is 23.1 Å². The maximum atomic E-state index is 15.3. The molecule has 2 aliphatic heterocycles. The van der Waals surface area contributed by atoms with Crippen LogP contribution in [-0.4, -0.2) is 58.8 Å². The largest absolute Gasteiger partial charge is 0.486 e. The second-order valence-electron chi connectivity index (χ2n) is 12.8. The average Bonchev–Trinajstić information content (AvgIpc) is 3.52. The number of anilines is 3. The average molecular weight is 610 g/mol. The molecule has 1 aliphatic carbocycles. The van der Waals surface area contributed by atoms with Crippen LogP contribution in [0.4, 0.5) is 35.3 Å². The van der Waals surface area contributed by atoms with E-state index in [0.717, 1.165) is 31.9 Å². The van der Waals surface area contributed by atoms with E-state index in [9.17, 15) is 4.79 Å². The molecule has 234 valence electrons. The van der Waals surface area contributed by atoms with Gasteiger partial charge in [-0.2, -0.15) is 0 Å². The lowest BCUT2D eigenvalue weighted by atomic mass is 9.89. The minimum absolute atomic E-state index is 0.0388. The molecule has 44 heavy (non-hydrogen) atoms. The molecular weight excluding hydrogens is 571 g/mol. The maximum Gasteiger partial charge on any atom is 0.410 e. The summed E-state index contributed by atoms with van der Waals surface area (Å²) >= 11 is 0. The van der Waals surface area contributed by atoms with Gasteiger partial charge in [-0.15, -0.1) is 0 Å². The van der Waals surface area contributed by atoms with Gasteiger partial charge in [-0.1, -0.05) is 18.9 Å². The zero-order chi connectivity index (χ0) is 31.0. The van der Waals surface area contributed by atoms with Crippen molar-refractivity contribution in [2.24, 2.45) is 0 Å². The number of piperidine rings is 1. The van der Waals surface area contributed by atoms with Gasteiger partial charge in [0.1, 0.15) is 23.7 Å². The number of nitrogens with one attached hydrogen (secondary N) is 1. The third-order valence-electron chi connectivity index (χ3n) is 8.54. The molecular formula is C33H38F3N5O3. The van der Waals surface area contributed by atoms with Crippen LogP contribution in [-0.2, 0) is 4.74 Å². The van der Waals surface area contributed by atoms with Crippen molar-refractivity contribution in [3.8, 4) is 17.0 Å². The topological polar surface area (TPSA) is 79.8 Å². The Kier molecular flexibility index (Phi) is 8.30. The van der Waals surface area contributed by atoms with Gasteiger partial charge in [0.05, 0.1) is 18.4 Å². The van der Waals surface area contributed by atoms with Crippen LogP contribution in [0.25, 0.3) is 11.3 Å². The predicted octanol–water partition coefficient (Wildman–Crippen LogP) is 7.56. The fourth-order valence-electron chi connectivity index (χ4n) is 6.43. The first kappa shape index (κ1) is 30.0. The Labute approximate surface area is 255 Å². The number of halogens is 3. The normalized spacial score (nSPS) is 17.8. The zero-order valence-corrected chi connectivity index (χ0v) is 25.3. The van der Waals surface area contributed by atoms with Crippen LogP contribution < -0.4 is 15.0 Å². The highest BCUT2D eigenvalue weighted by Gasteiger charge is 2.31. The first-order valence-electron chi connectivity index (χ1n) is 15.4. The first-order valence-corrected chi connectivity index (χ1v) is 15.4. The van der Waals surface area contributed by atoms with Gasteiger partial charge in [-0.05, 0) is 82.2 Å². The van der Waals surface area contributed by atoms with Crippen molar-refractivity contribution >= 4 is 23.4 Å². The Morgan fingerprint density at radius 1 is 0.977 bits per heavy atom. The number of ether oxygens (including phenoxy) is 2. The molecule has 0 spiro atoms. The van der Waals surface area contributed by atoms with Gasteiger partial charge >= 0.3 is 6.09 Å². The van der Waals surface area contributed by atoms with E-state index in [4.69, 9.17) is 9.47 Å². The monoisotopic (exact) mass is 609 g/mol. The van der Waals surface area contributed by atoms with Crippen LogP contribution in [0.2, 0.25) is 0 Å². The highest BCUT2D eigenvalue weighted by molar-refractivity contribution is 5.73. The minimum atomic E-state index is -0.696. The number of carbonyl (C=O) groups is 1. The standard InChI is InChI=1S/C33H38F3N5O3/c1-33(2,3)44-32(42)40-12-10-20(11-13-40)24-9-8-22(18-25(24)34)38-31-37-19-27(36)29(39-31)21-16-26(35)30-28(17-21)41(14-15-43-30)23-6-4-5-7-23/h8-9,16-20,23H,4-7,10-15H2,1-3H3,(H,37,38,39). The molecule has 8 nitrogen and oxygen atoms in total. The number of nitrogens with zero attached hydrogens (tertiary/aromatic N) is 4. The van der Waals surface area contributed by atoms with E-state index in [1.165, 1.54) is 12.1 Å². The number of carbonyl (C=O) groups excluding carboxylic acids is 1. The second-order valence-corrected chi connectivity index (χ2v) is 12.8. The molecule has 2 fully saturated rings. The van der Waals surface area contributed by atoms with Crippen LogP contribution in [0.15, 0.2) is 36.5 Å². The molecule has 1 saturated heterocycles. The Bertz CT molecular complexity index is 1530. The summed E-state index contributed by atoms with van der Waals surface area (Å²) in [7, 11) is 0. The van der Waals surface area contributed by atoms with Crippen LogP contribution in [0.3, 0.4) is 0 Å². The second kappa shape index (κ2) is 12.2. The predicted molar refractivity (Wildman–Crippen MR) is 162 cm³/mol. The lowest BCUT2D eigenvalue weighted by Crippen LogP contribution is -2.41. The van der Waals surface area contributed by atoms with Crippen LogP contribution >= 0.6 is 0 Å². The van der Waals surface area contributed by atoms with Crippen LogP contribution in [0.1, 0.15) is 70.8 Å². The molecule has 1 N–H and O–H groups in total. The fourth-order valence-corrected chi connectivity index (χ4v) is 6.43. The summed E-state index contributed by atoms with van der Waals surface area (Å²) in [6.07, 6.45) is 6.22. The summed E-state index contributed by atoms with van der Waals surface area (Å²) in [6, 6.07) is 8.06. The Morgan fingerprint density at radius 2 is 1.73 bits per heavy atom. The number of rotatable bonds is 5. The van der Waals surface area contributed by atoms with Crippen LogP contribution in [0, 0.1) is 17.5 Å². The van der Waals surface area contributed by atoms with Crippen LogP contribution in [0.5, 0.6) is 5.75 Å². The SMILES string of the molecule is CC(C)(C)OC(=O)N1CCC(c2ccc(Nc3ncc(F)c(-c4cc(F)c5c(c4)N(C4CCCC4)CCO5)n3)cc2F)CC1. The summed E-state index contributed by atoms with van der Waals surface area (Å²) in [4.78, 5) is 24.6. The van der Waals surface area contributed by atoms with E-state index >= 15 is 13.2 Å². The van der Waals surface area contributed by atoms with Crippen molar-refractivity contribution < 1.29 is 27.4 Å². The van der Waals surface area contributed by atoms with Gasteiger partial charge in [-0.25, -0.2) is 27.9 Å². The van der Waals surface area contributed by atoms with Gasteiger partial charge < -0.3 is 24.6 Å². The minimum Gasteiger partial charge on any atom is -0.486 e. The summed E-state index contributed by atoms with van der Waals surface area (Å²) in [5.74, 6) is -1.45. The quantitative estimate of drug-likeness (QED) is 0.320. The first-order chi connectivity index (χ1) is 21.1. The van der Waals surface area contributed by atoms with Gasteiger partial charge in [-0.3, -0.25) is 0 Å². The number of hydrogen-bond donors (Lipinski definition) is 1. The smallest absolute Gasteiger partial charge is 0.410 e. The molecule has 6 rings (SSSR count). The van der Waals surface area contributed by atoms with Crippen molar-refractivity contribution in [1.29, 1.82) is 0 Å². The van der Waals surface area contributed by atoms with Crippen molar-refractivity contribution in [2.75, 3.05) is 36.5 Å². The molecule has 3 aromatic rings. The summed E-state index contributed by atoms with van der Waals surface area (Å²) in [5.41, 5.74) is 1.22. The number of benzene rings is 2. The molecule has 1 saturated carbocycles. The highest BCUT2D eigenvalue weighted by atomic mass is 19.1. The number of amides is 1. The Balaban J connectivity index is 1.17. The van der Waals surface area contributed by atoms with Crippen molar-refractivity contribution in [1.82, 2.24) is 14.9 Å². The van der Waals surface area contributed by atoms with Gasteiger partial charge in [0.15, 0.2) is 17.4 Å². The molecule has 0 unspecified atom stereocenters. The van der Waals surface area contributed by atoms with Crippen molar-refractivity contribution in [2.45, 2.75) is 76.9 Å². The number of likely N-dealkylation sites (tertiary alicyclic amines) is 1. The summed E-state index contributed by atoms with van der Waals surface area (Å²) < 4.78 is 56.6. The molecule has 0 radical (unpaired) electrons. The molecule has 3 heterocycles. The third kappa shape index (κ3) is 6.42. The zero-order valence-electron chi connectivity index (χ0n) is 25.3. The summed E-state index contributed by atoms with van der Waals surface area (Å²) in [6.45, 7) is 7.49. The van der Waals surface area contributed by atoms with Gasteiger partial charge in [0.25, 0.3) is 0 Å². The number of fused-ring (bicyclic) bond motifs is 1. The van der Waals surface area contributed by atoms with Crippen molar-refractivity contribution in [3.63, 3.8) is 0 Å². The lowest BCUT2D eigenvalue weighted by Gasteiger charge is -2.36. The van der Waals surface area contributed by atoms with E-state index in [1.807, 2.05) is 20.8 Å². The maximum absolute atomic E-state index is 15.3. The summed E-state index contributed by atoms with van der Waals surface area (Å²) in [5, 5.41) is 2.96. The lowest BCUT2D eigenvalue weighted by molar-refractivity contribution is 0.0204. The molecule has 1 amide bonds. The fraction of sp³-hybridized carbons (Fsp3) is 0.485. The van der Waals surface area contributed by atoms with E-state index in [2.05, 4.69) is 20.2 Å². The molecule has 3 aliphatic rings. The number of aromatic nitrogens is 2.